The monoisotopic (exact) mass is 445 g/mol. The number of amides is 1. The van der Waals surface area contributed by atoms with Crippen LogP contribution in [0.25, 0.3) is 0 Å². The predicted molar refractivity (Wildman–Crippen MR) is 115 cm³/mol. The van der Waals surface area contributed by atoms with Crippen molar-refractivity contribution in [2.24, 2.45) is 0 Å². The molecule has 2 saturated heterocycles. The van der Waals surface area contributed by atoms with Gasteiger partial charge in [0.05, 0.1) is 26.0 Å². The van der Waals surface area contributed by atoms with Gasteiger partial charge in [0, 0.05) is 37.9 Å². The predicted octanol–water partition coefficient (Wildman–Crippen LogP) is 1.64. The Morgan fingerprint density at radius 3 is 2.68 bits per heavy atom. The van der Waals surface area contributed by atoms with E-state index in [4.69, 9.17) is 9.47 Å². The minimum atomic E-state index is -3.47. The molecule has 0 unspecified atom stereocenters. The first-order valence-corrected chi connectivity index (χ1v) is 11.9. The maximum atomic E-state index is 13.8. The number of ether oxygens (including phenoxy) is 2. The summed E-state index contributed by atoms with van der Waals surface area (Å²) in [5.74, 6) is 0.124. The minimum absolute atomic E-state index is 0.0146. The summed E-state index contributed by atoms with van der Waals surface area (Å²) in [5.41, 5.74) is 0.520. The summed E-state index contributed by atoms with van der Waals surface area (Å²) in [5, 5.41) is 0. The Labute approximate surface area is 182 Å². The van der Waals surface area contributed by atoms with E-state index in [0.29, 0.717) is 19.7 Å². The molecular formula is C22H27N3O5S. The molecular weight excluding hydrogens is 418 g/mol. The molecule has 2 fully saturated rings. The number of nitrogens with zero attached hydrogens (tertiary/aromatic N) is 3. The zero-order chi connectivity index (χ0) is 22.1. The third kappa shape index (κ3) is 4.05. The molecule has 0 radical (unpaired) electrons. The van der Waals surface area contributed by atoms with Crippen molar-refractivity contribution in [3.63, 3.8) is 0 Å². The molecule has 0 aliphatic carbocycles. The van der Waals surface area contributed by atoms with Gasteiger partial charge in [-0.1, -0.05) is 18.2 Å². The number of rotatable bonds is 6. The van der Waals surface area contributed by atoms with Crippen LogP contribution in [0.4, 0.5) is 0 Å². The van der Waals surface area contributed by atoms with E-state index in [0.717, 1.165) is 16.9 Å². The molecule has 31 heavy (non-hydrogen) atoms. The molecule has 2 aliphatic rings. The summed E-state index contributed by atoms with van der Waals surface area (Å²) in [6.45, 7) is 3.05. The summed E-state index contributed by atoms with van der Waals surface area (Å²) in [7, 11) is -1.86. The molecule has 1 spiro atoms. The molecule has 4 rings (SSSR count). The first-order valence-electron chi connectivity index (χ1n) is 10.3. The third-order valence-corrected chi connectivity index (χ3v) is 7.90. The highest BCUT2D eigenvalue weighted by atomic mass is 32.2. The van der Waals surface area contributed by atoms with E-state index in [2.05, 4.69) is 4.98 Å². The van der Waals surface area contributed by atoms with Crippen LogP contribution in [-0.4, -0.2) is 73.2 Å². The van der Waals surface area contributed by atoms with E-state index < -0.39 is 21.5 Å². The van der Waals surface area contributed by atoms with Crippen LogP contribution in [0.1, 0.15) is 24.0 Å². The molecule has 0 saturated carbocycles. The number of carbonyl (C=O) groups excluding carboxylic acids is 1. The average molecular weight is 446 g/mol. The number of carbonyl (C=O) groups is 1. The Balaban J connectivity index is 1.66. The van der Waals surface area contributed by atoms with Crippen molar-refractivity contribution in [2.75, 3.05) is 39.1 Å². The Morgan fingerprint density at radius 2 is 2.03 bits per heavy atom. The maximum absolute atomic E-state index is 13.8. The molecule has 8 nitrogen and oxygen atoms in total. The van der Waals surface area contributed by atoms with Crippen LogP contribution in [0.15, 0.2) is 48.8 Å². The highest BCUT2D eigenvalue weighted by Crippen LogP contribution is 2.43. The highest BCUT2D eigenvalue weighted by molar-refractivity contribution is 7.89. The second kappa shape index (κ2) is 8.57. The highest BCUT2D eigenvalue weighted by Gasteiger charge is 2.58. The van der Waals surface area contributed by atoms with E-state index in [9.17, 15) is 13.2 Å². The number of hydrogen-bond donors (Lipinski definition) is 0. The van der Waals surface area contributed by atoms with Crippen molar-refractivity contribution >= 4 is 15.9 Å². The summed E-state index contributed by atoms with van der Waals surface area (Å²) in [6.07, 6.45) is 3.35. The van der Waals surface area contributed by atoms with E-state index >= 15 is 0 Å². The standard InChI is InChI=1S/C22H27N3O5S/c1-3-31(27,28)25-15-20(18-5-4-10-23-13-18)22(16-25)21(26)24(11-12-30-22)14-17-6-8-19(29-2)9-7-17/h4-10,13,20H,3,11-12,14-16H2,1-2H3/t20-,22-/m1/s1. The van der Waals surface area contributed by atoms with E-state index in [1.54, 1.807) is 37.4 Å². The molecule has 2 aromatic rings. The van der Waals surface area contributed by atoms with E-state index in [-0.39, 0.29) is 24.7 Å². The second-order valence-corrected chi connectivity index (χ2v) is 10.1. The van der Waals surface area contributed by atoms with Crippen LogP contribution in [0.3, 0.4) is 0 Å². The SMILES string of the molecule is CCS(=O)(=O)N1C[C@H](c2cccnc2)[C@@]2(C1)OCCN(Cc1ccc(OC)cc1)C2=O. The molecule has 166 valence electrons. The van der Waals surface area contributed by atoms with Gasteiger partial charge >= 0.3 is 0 Å². The smallest absolute Gasteiger partial charge is 0.257 e. The van der Waals surface area contributed by atoms with Crippen LogP contribution in [0.2, 0.25) is 0 Å². The Bertz CT molecular complexity index is 1030. The van der Waals surface area contributed by atoms with Crippen molar-refractivity contribution in [2.45, 2.75) is 25.0 Å². The fraction of sp³-hybridized carbons (Fsp3) is 0.455. The van der Waals surface area contributed by atoms with Gasteiger partial charge in [-0.2, -0.15) is 4.31 Å². The van der Waals surface area contributed by atoms with Crippen molar-refractivity contribution in [1.29, 1.82) is 0 Å². The van der Waals surface area contributed by atoms with E-state index in [1.165, 1.54) is 4.31 Å². The third-order valence-electron chi connectivity index (χ3n) is 6.11. The van der Waals surface area contributed by atoms with Gasteiger partial charge in [-0.05, 0) is 36.2 Å². The molecule has 0 bridgehead atoms. The Kier molecular flexibility index (Phi) is 6.00. The fourth-order valence-electron chi connectivity index (χ4n) is 4.37. The number of methoxy groups -OCH3 is 1. The molecule has 9 heteroatoms. The van der Waals surface area contributed by atoms with Crippen LogP contribution in [-0.2, 0) is 26.1 Å². The zero-order valence-corrected chi connectivity index (χ0v) is 18.5. The molecule has 1 aromatic heterocycles. The Hall–Kier alpha value is -2.49. The summed E-state index contributed by atoms with van der Waals surface area (Å²) in [6, 6.07) is 11.2. The first kappa shape index (κ1) is 21.7. The topological polar surface area (TPSA) is 89.0 Å². The summed E-state index contributed by atoms with van der Waals surface area (Å²) < 4.78 is 38.1. The normalized spacial score (nSPS) is 24.6. The van der Waals surface area contributed by atoms with Gasteiger partial charge in [-0.15, -0.1) is 0 Å². The molecule has 2 atom stereocenters. The summed E-state index contributed by atoms with van der Waals surface area (Å²) in [4.78, 5) is 19.7. The van der Waals surface area contributed by atoms with Gasteiger partial charge in [-0.3, -0.25) is 9.78 Å². The number of morpholine rings is 1. The van der Waals surface area contributed by atoms with Gasteiger partial charge in [-0.25, -0.2) is 8.42 Å². The van der Waals surface area contributed by atoms with Gasteiger partial charge in [0.25, 0.3) is 5.91 Å². The largest absolute Gasteiger partial charge is 0.497 e. The van der Waals surface area contributed by atoms with Crippen LogP contribution in [0, 0.1) is 0 Å². The zero-order valence-electron chi connectivity index (χ0n) is 17.7. The van der Waals surface area contributed by atoms with Crippen LogP contribution in [0.5, 0.6) is 5.75 Å². The number of pyridine rings is 1. The van der Waals surface area contributed by atoms with Gasteiger partial charge in [0.1, 0.15) is 5.75 Å². The lowest BCUT2D eigenvalue weighted by atomic mass is 9.83. The van der Waals surface area contributed by atoms with Crippen molar-refractivity contribution in [3.05, 3.63) is 59.9 Å². The van der Waals surface area contributed by atoms with Crippen molar-refractivity contribution < 1.29 is 22.7 Å². The lowest BCUT2D eigenvalue weighted by Gasteiger charge is -2.42. The minimum Gasteiger partial charge on any atom is -0.497 e. The molecule has 2 aliphatic heterocycles. The lowest BCUT2D eigenvalue weighted by Crippen LogP contribution is -2.60. The first-order chi connectivity index (χ1) is 14.9. The number of benzene rings is 1. The van der Waals surface area contributed by atoms with E-state index in [1.807, 2.05) is 30.3 Å². The van der Waals surface area contributed by atoms with Crippen LogP contribution >= 0.6 is 0 Å². The van der Waals surface area contributed by atoms with Gasteiger partial charge < -0.3 is 14.4 Å². The van der Waals surface area contributed by atoms with Crippen LogP contribution < -0.4 is 4.74 Å². The number of sulfonamides is 1. The fourth-order valence-corrected chi connectivity index (χ4v) is 5.50. The molecule has 3 heterocycles. The van der Waals surface area contributed by atoms with Crippen molar-refractivity contribution in [3.8, 4) is 5.75 Å². The number of aromatic nitrogens is 1. The van der Waals surface area contributed by atoms with Gasteiger partial charge in [0.2, 0.25) is 10.0 Å². The summed E-state index contributed by atoms with van der Waals surface area (Å²) >= 11 is 0. The molecule has 1 amide bonds. The molecule has 1 aromatic carbocycles. The second-order valence-electron chi connectivity index (χ2n) is 7.84. The quantitative estimate of drug-likeness (QED) is 0.672. The van der Waals surface area contributed by atoms with Crippen molar-refractivity contribution in [1.82, 2.24) is 14.2 Å². The number of hydrogen-bond acceptors (Lipinski definition) is 6. The average Bonchev–Trinajstić information content (AvgIpc) is 3.19. The molecule has 0 N–H and O–H groups in total. The van der Waals surface area contributed by atoms with Gasteiger partial charge in [0.15, 0.2) is 5.60 Å². The lowest BCUT2D eigenvalue weighted by molar-refractivity contribution is -0.172. The Morgan fingerprint density at radius 1 is 1.26 bits per heavy atom. The maximum Gasteiger partial charge on any atom is 0.257 e.